The Balaban J connectivity index is 3.22. The van der Waals surface area contributed by atoms with Crippen LogP contribution in [0, 0.1) is 6.92 Å². The van der Waals surface area contributed by atoms with E-state index in [2.05, 4.69) is 20.7 Å². The molecule has 118 valence electrons. The minimum Gasteiger partial charge on any atom is -0.478 e. The highest BCUT2D eigenvalue weighted by Gasteiger charge is 2.25. The SMILES string of the molecule is CCC(C)(O)CNS(=O)(=O)c1cc(C(=O)O)cc(C)c1Br. The van der Waals surface area contributed by atoms with Gasteiger partial charge in [-0.3, -0.25) is 0 Å². The summed E-state index contributed by atoms with van der Waals surface area (Å²) in [7, 11) is -3.93. The summed E-state index contributed by atoms with van der Waals surface area (Å²) in [6.07, 6.45) is 0.380. The van der Waals surface area contributed by atoms with Crippen LogP contribution in [0.2, 0.25) is 0 Å². The smallest absolute Gasteiger partial charge is 0.335 e. The van der Waals surface area contributed by atoms with Gasteiger partial charge in [0.05, 0.1) is 16.1 Å². The maximum Gasteiger partial charge on any atom is 0.335 e. The second-order valence-electron chi connectivity index (χ2n) is 5.09. The molecule has 0 aliphatic rings. The van der Waals surface area contributed by atoms with Crippen molar-refractivity contribution in [3.63, 3.8) is 0 Å². The largest absolute Gasteiger partial charge is 0.478 e. The van der Waals surface area contributed by atoms with Crippen LogP contribution < -0.4 is 4.72 Å². The first-order valence-electron chi connectivity index (χ1n) is 6.25. The molecule has 0 saturated carbocycles. The lowest BCUT2D eigenvalue weighted by molar-refractivity contribution is 0.0613. The summed E-state index contributed by atoms with van der Waals surface area (Å²) in [6.45, 7) is 4.70. The molecule has 0 aliphatic heterocycles. The molecule has 1 rings (SSSR count). The van der Waals surface area contributed by atoms with Crippen molar-refractivity contribution >= 4 is 31.9 Å². The quantitative estimate of drug-likeness (QED) is 0.699. The number of carboxylic acids is 1. The molecule has 1 atom stereocenters. The summed E-state index contributed by atoms with van der Waals surface area (Å²) < 4.78 is 27.2. The van der Waals surface area contributed by atoms with E-state index in [-0.39, 0.29) is 17.0 Å². The zero-order valence-electron chi connectivity index (χ0n) is 12.0. The number of rotatable bonds is 6. The van der Waals surface area contributed by atoms with E-state index in [0.717, 1.165) is 6.07 Å². The average Bonchev–Trinajstić information content (AvgIpc) is 2.39. The van der Waals surface area contributed by atoms with Gasteiger partial charge in [-0.25, -0.2) is 17.9 Å². The van der Waals surface area contributed by atoms with Gasteiger partial charge in [-0.15, -0.1) is 0 Å². The summed E-state index contributed by atoms with van der Waals surface area (Å²) >= 11 is 3.16. The van der Waals surface area contributed by atoms with Gasteiger partial charge in [0.25, 0.3) is 0 Å². The van der Waals surface area contributed by atoms with Gasteiger partial charge in [0.1, 0.15) is 0 Å². The van der Waals surface area contributed by atoms with Crippen molar-refractivity contribution in [3.8, 4) is 0 Å². The zero-order valence-corrected chi connectivity index (χ0v) is 14.4. The normalized spacial score (nSPS) is 14.7. The molecule has 0 radical (unpaired) electrons. The zero-order chi connectivity index (χ0) is 16.4. The van der Waals surface area contributed by atoms with E-state index in [4.69, 9.17) is 5.11 Å². The topological polar surface area (TPSA) is 104 Å². The predicted octanol–water partition coefficient (Wildman–Crippen LogP) is 1.90. The lowest BCUT2D eigenvalue weighted by atomic mass is 10.1. The molecule has 0 amide bonds. The van der Waals surface area contributed by atoms with E-state index < -0.39 is 21.6 Å². The van der Waals surface area contributed by atoms with Gasteiger partial charge in [0.2, 0.25) is 10.0 Å². The Morgan fingerprint density at radius 1 is 1.43 bits per heavy atom. The maximum atomic E-state index is 12.3. The van der Waals surface area contributed by atoms with Gasteiger partial charge in [-0.1, -0.05) is 6.92 Å². The molecule has 1 unspecified atom stereocenters. The van der Waals surface area contributed by atoms with Crippen molar-refractivity contribution in [1.29, 1.82) is 0 Å². The van der Waals surface area contributed by atoms with E-state index >= 15 is 0 Å². The fourth-order valence-corrected chi connectivity index (χ4v) is 3.71. The van der Waals surface area contributed by atoms with E-state index in [1.54, 1.807) is 13.8 Å². The lowest BCUT2D eigenvalue weighted by Gasteiger charge is -2.22. The molecule has 1 aromatic rings. The number of carbonyl (C=O) groups is 1. The maximum absolute atomic E-state index is 12.3. The Morgan fingerprint density at radius 3 is 2.48 bits per heavy atom. The standard InChI is InChI=1S/C13H18BrNO5S/c1-4-13(3,18)7-15-21(19,20)10-6-9(12(16)17)5-8(2)11(10)14/h5-6,15,18H,4,7H2,1-3H3,(H,16,17). The first-order valence-corrected chi connectivity index (χ1v) is 8.53. The first kappa shape index (κ1) is 18.1. The summed E-state index contributed by atoms with van der Waals surface area (Å²) in [5, 5.41) is 18.9. The van der Waals surface area contributed by atoms with E-state index in [1.807, 2.05) is 0 Å². The number of benzene rings is 1. The van der Waals surface area contributed by atoms with E-state index in [9.17, 15) is 18.3 Å². The molecule has 0 aromatic heterocycles. The number of hydrogen-bond donors (Lipinski definition) is 3. The van der Waals surface area contributed by atoms with E-state index in [0.29, 0.717) is 16.5 Å². The number of halogens is 1. The van der Waals surface area contributed by atoms with Crippen molar-refractivity contribution in [2.75, 3.05) is 6.54 Å². The fourth-order valence-electron chi connectivity index (χ4n) is 1.51. The lowest BCUT2D eigenvalue weighted by Crippen LogP contribution is -2.40. The van der Waals surface area contributed by atoms with Gasteiger partial charge < -0.3 is 10.2 Å². The number of carboxylic acid groups (broad SMARTS) is 1. The Bertz CT molecular complexity index is 655. The van der Waals surface area contributed by atoms with Crippen LogP contribution in [0.3, 0.4) is 0 Å². The third-order valence-corrected chi connectivity index (χ3v) is 5.90. The highest BCUT2D eigenvalue weighted by atomic mass is 79.9. The van der Waals surface area contributed by atoms with E-state index in [1.165, 1.54) is 13.0 Å². The molecule has 3 N–H and O–H groups in total. The van der Waals surface area contributed by atoms with Gasteiger partial charge >= 0.3 is 5.97 Å². The molecule has 21 heavy (non-hydrogen) atoms. The van der Waals surface area contributed by atoms with Crippen molar-refractivity contribution in [1.82, 2.24) is 4.72 Å². The Morgan fingerprint density at radius 2 is 2.00 bits per heavy atom. The summed E-state index contributed by atoms with van der Waals surface area (Å²) in [4.78, 5) is 10.9. The molecule has 6 nitrogen and oxygen atoms in total. The fraction of sp³-hybridized carbons (Fsp3) is 0.462. The van der Waals surface area contributed by atoms with Gasteiger partial charge in [-0.2, -0.15) is 0 Å². The monoisotopic (exact) mass is 379 g/mol. The average molecular weight is 380 g/mol. The highest BCUT2D eigenvalue weighted by molar-refractivity contribution is 9.10. The molecule has 0 bridgehead atoms. The highest BCUT2D eigenvalue weighted by Crippen LogP contribution is 2.27. The van der Waals surface area contributed by atoms with Gasteiger partial charge in [-0.05, 0) is 53.9 Å². The predicted molar refractivity (Wildman–Crippen MR) is 81.9 cm³/mol. The van der Waals surface area contributed by atoms with Crippen LogP contribution in [-0.4, -0.2) is 36.7 Å². The van der Waals surface area contributed by atoms with Crippen LogP contribution in [0.15, 0.2) is 21.5 Å². The summed E-state index contributed by atoms with van der Waals surface area (Å²) in [6, 6.07) is 2.47. The molecule has 0 saturated heterocycles. The van der Waals surface area contributed by atoms with Crippen molar-refractivity contribution in [2.45, 2.75) is 37.7 Å². The second kappa shape index (κ2) is 6.43. The van der Waals surface area contributed by atoms with Crippen molar-refractivity contribution in [3.05, 3.63) is 27.7 Å². The minimum absolute atomic E-state index is 0.113. The summed E-state index contributed by atoms with van der Waals surface area (Å²) in [5.74, 6) is -1.21. The molecule has 1 aromatic carbocycles. The van der Waals surface area contributed by atoms with Crippen LogP contribution in [0.1, 0.15) is 36.2 Å². The first-order chi connectivity index (χ1) is 9.50. The number of nitrogens with one attached hydrogen (secondary N) is 1. The second-order valence-corrected chi connectivity index (χ2v) is 7.61. The third kappa shape index (κ3) is 4.50. The Kier molecular flexibility index (Phi) is 5.54. The minimum atomic E-state index is -3.93. The van der Waals surface area contributed by atoms with Crippen LogP contribution >= 0.6 is 15.9 Å². The molecular weight excluding hydrogens is 362 g/mol. The van der Waals surface area contributed by atoms with Crippen LogP contribution in [0.5, 0.6) is 0 Å². The third-order valence-electron chi connectivity index (χ3n) is 3.16. The Hall–Kier alpha value is -0.960. The van der Waals surface area contributed by atoms with Crippen LogP contribution in [0.25, 0.3) is 0 Å². The van der Waals surface area contributed by atoms with Gasteiger partial charge in [0, 0.05) is 11.0 Å². The number of aromatic carboxylic acids is 1. The Labute approximate surface area is 132 Å². The molecule has 8 heteroatoms. The molecular formula is C13H18BrNO5S. The number of aryl methyl sites for hydroxylation is 1. The number of aliphatic hydroxyl groups is 1. The van der Waals surface area contributed by atoms with Crippen LogP contribution in [0.4, 0.5) is 0 Å². The molecule has 0 fully saturated rings. The number of sulfonamides is 1. The molecule has 0 spiro atoms. The summed E-state index contributed by atoms with van der Waals surface area (Å²) in [5.41, 5.74) is -0.783. The molecule has 0 aliphatic carbocycles. The van der Waals surface area contributed by atoms with Crippen molar-refractivity contribution in [2.24, 2.45) is 0 Å². The number of hydrogen-bond acceptors (Lipinski definition) is 4. The molecule has 0 heterocycles. The van der Waals surface area contributed by atoms with Gasteiger partial charge in [0.15, 0.2) is 0 Å². The van der Waals surface area contributed by atoms with Crippen molar-refractivity contribution < 1.29 is 23.4 Å². The van der Waals surface area contributed by atoms with Crippen LogP contribution in [-0.2, 0) is 10.0 Å².